The molecule has 0 spiro atoms. The van der Waals surface area contributed by atoms with Crippen molar-refractivity contribution in [3.63, 3.8) is 0 Å². The maximum absolute atomic E-state index is 11.5. The number of rotatable bonds is 3. The van der Waals surface area contributed by atoms with E-state index in [1.54, 1.807) is 6.07 Å². The minimum atomic E-state index is -0.955. The van der Waals surface area contributed by atoms with E-state index in [4.69, 9.17) is 0 Å². The van der Waals surface area contributed by atoms with Crippen LogP contribution in [0.5, 0.6) is 0 Å². The monoisotopic (exact) mass is 301 g/mol. The van der Waals surface area contributed by atoms with Crippen LogP contribution in [0.2, 0.25) is 0 Å². The van der Waals surface area contributed by atoms with Gasteiger partial charge in [0, 0.05) is 17.1 Å². The highest BCUT2D eigenvalue weighted by Crippen LogP contribution is 2.31. The van der Waals surface area contributed by atoms with E-state index in [2.05, 4.69) is 15.0 Å². The van der Waals surface area contributed by atoms with E-state index < -0.39 is 5.97 Å². The molecule has 0 radical (unpaired) electrons. The summed E-state index contributed by atoms with van der Waals surface area (Å²) in [5.41, 5.74) is 4.03. The van der Waals surface area contributed by atoms with Gasteiger partial charge in [-0.2, -0.15) is 0 Å². The number of nitrogens with zero attached hydrogens (tertiary/aromatic N) is 3. The number of aromatic carboxylic acids is 1. The number of aryl methyl sites for hydroxylation is 4. The molecule has 2 aromatic rings. The maximum atomic E-state index is 11.5. The Morgan fingerprint density at radius 2 is 1.86 bits per heavy atom. The van der Waals surface area contributed by atoms with E-state index >= 15 is 0 Å². The van der Waals surface area contributed by atoms with Crippen LogP contribution in [-0.4, -0.2) is 26.0 Å². The fourth-order valence-corrected chi connectivity index (χ4v) is 3.47. The van der Waals surface area contributed by atoms with Crippen LogP contribution in [0.4, 0.5) is 0 Å². The fraction of sp³-hybridized carbons (Fsp3) is 0.333. The van der Waals surface area contributed by atoms with E-state index in [-0.39, 0.29) is 5.56 Å². The average molecular weight is 301 g/mol. The van der Waals surface area contributed by atoms with Gasteiger partial charge in [-0.05, 0) is 62.6 Å². The first-order chi connectivity index (χ1) is 10.0. The minimum Gasteiger partial charge on any atom is -0.478 e. The van der Waals surface area contributed by atoms with Crippen molar-refractivity contribution in [1.29, 1.82) is 0 Å². The summed E-state index contributed by atoms with van der Waals surface area (Å²) < 4.78 is 0. The SMILES string of the molecule is Cc1cc(C)nc(Sc2nc3c(cc2C(=O)O)CCC3)n1. The molecule has 3 rings (SSSR count). The zero-order valence-electron chi connectivity index (χ0n) is 11.9. The van der Waals surface area contributed by atoms with Crippen LogP contribution in [0.3, 0.4) is 0 Å². The highest BCUT2D eigenvalue weighted by atomic mass is 32.2. The number of hydrogen-bond acceptors (Lipinski definition) is 5. The van der Waals surface area contributed by atoms with Crippen molar-refractivity contribution in [3.05, 3.63) is 40.3 Å². The van der Waals surface area contributed by atoms with E-state index in [0.717, 1.165) is 41.9 Å². The van der Waals surface area contributed by atoms with E-state index in [9.17, 15) is 9.90 Å². The molecule has 0 bridgehead atoms. The molecule has 6 heteroatoms. The highest BCUT2D eigenvalue weighted by Gasteiger charge is 2.21. The zero-order valence-corrected chi connectivity index (χ0v) is 12.7. The Bertz CT molecular complexity index is 711. The Balaban J connectivity index is 2.03. The summed E-state index contributed by atoms with van der Waals surface area (Å²) in [6.07, 6.45) is 2.86. The summed E-state index contributed by atoms with van der Waals surface area (Å²) in [6, 6.07) is 3.64. The van der Waals surface area contributed by atoms with Crippen LogP contribution in [-0.2, 0) is 12.8 Å². The average Bonchev–Trinajstić information content (AvgIpc) is 2.83. The molecule has 1 aliphatic rings. The molecule has 1 N–H and O–H groups in total. The lowest BCUT2D eigenvalue weighted by molar-refractivity contribution is 0.0692. The molecule has 2 heterocycles. The van der Waals surface area contributed by atoms with Crippen LogP contribution >= 0.6 is 11.8 Å². The molecule has 0 aliphatic heterocycles. The number of carbonyl (C=O) groups is 1. The van der Waals surface area contributed by atoms with Crippen LogP contribution in [0.25, 0.3) is 0 Å². The lowest BCUT2D eigenvalue weighted by Gasteiger charge is -2.08. The first-order valence-corrected chi connectivity index (χ1v) is 7.61. The first-order valence-electron chi connectivity index (χ1n) is 6.79. The van der Waals surface area contributed by atoms with Crippen LogP contribution in [0, 0.1) is 13.8 Å². The van der Waals surface area contributed by atoms with Gasteiger partial charge < -0.3 is 5.11 Å². The second-order valence-electron chi connectivity index (χ2n) is 5.14. The van der Waals surface area contributed by atoms with Gasteiger partial charge in [0.1, 0.15) is 5.03 Å². The fourth-order valence-electron chi connectivity index (χ4n) is 2.51. The standard InChI is InChI=1S/C15H15N3O2S/c1-8-6-9(2)17-15(16-8)21-13-11(14(19)20)7-10-4-3-5-12(10)18-13/h6-7H,3-5H2,1-2H3,(H,19,20). The molecule has 0 aromatic carbocycles. The summed E-state index contributed by atoms with van der Waals surface area (Å²) in [7, 11) is 0. The minimum absolute atomic E-state index is 0.239. The summed E-state index contributed by atoms with van der Waals surface area (Å²) in [5.74, 6) is -0.955. The number of hydrogen-bond donors (Lipinski definition) is 1. The second-order valence-corrected chi connectivity index (χ2v) is 6.10. The molecule has 0 fully saturated rings. The third-order valence-corrected chi connectivity index (χ3v) is 4.27. The lowest BCUT2D eigenvalue weighted by Crippen LogP contribution is -2.05. The number of pyridine rings is 1. The topological polar surface area (TPSA) is 76.0 Å². The smallest absolute Gasteiger partial charge is 0.338 e. The van der Waals surface area contributed by atoms with Crippen molar-refractivity contribution in [3.8, 4) is 0 Å². The van der Waals surface area contributed by atoms with Gasteiger partial charge in [-0.3, -0.25) is 0 Å². The van der Waals surface area contributed by atoms with Crippen molar-refractivity contribution >= 4 is 17.7 Å². The predicted octanol–water partition coefficient (Wildman–Crippen LogP) is 2.83. The van der Waals surface area contributed by atoms with Gasteiger partial charge in [-0.1, -0.05) is 0 Å². The first kappa shape index (κ1) is 14.0. The molecule has 0 saturated carbocycles. The molecule has 0 saturated heterocycles. The van der Waals surface area contributed by atoms with Gasteiger partial charge in [-0.15, -0.1) is 0 Å². The molecule has 1 aliphatic carbocycles. The molecule has 5 nitrogen and oxygen atoms in total. The normalized spacial score (nSPS) is 13.2. The molecule has 0 unspecified atom stereocenters. The lowest BCUT2D eigenvalue weighted by atomic mass is 10.1. The number of aromatic nitrogens is 3. The predicted molar refractivity (Wildman–Crippen MR) is 78.9 cm³/mol. The van der Waals surface area contributed by atoms with Gasteiger partial charge in [0.25, 0.3) is 0 Å². The number of carboxylic acid groups (broad SMARTS) is 1. The molecular weight excluding hydrogens is 286 g/mol. The van der Waals surface area contributed by atoms with E-state index in [0.29, 0.717) is 10.2 Å². The Kier molecular flexibility index (Phi) is 3.63. The van der Waals surface area contributed by atoms with E-state index in [1.165, 1.54) is 11.8 Å². The van der Waals surface area contributed by atoms with Gasteiger partial charge in [0.15, 0.2) is 5.16 Å². The van der Waals surface area contributed by atoms with Crippen LogP contribution in [0.15, 0.2) is 22.3 Å². The largest absolute Gasteiger partial charge is 0.478 e. The zero-order chi connectivity index (χ0) is 15.0. The van der Waals surface area contributed by atoms with Gasteiger partial charge in [0.05, 0.1) is 5.56 Å². The van der Waals surface area contributed by atoms with Crippen molar-refractivity contribution in [2.45, 2.75) is 43.3 Å². The highest BCUT2D eigenvalue weighted by molar-refractivity contribution is 7.99. The van der Waals surface area contributed by atoms with Crippen molar-refractivity contribution in [2.24, 2.45) is 0 Å². The molecule has 21 heavy (non-hydrogen) atoms. The Morgan fingerprint density at radius 1 is 1.14 bits per heavy atom. The Hall–Kier alpha value is -1.95. The third kappa shape index (κ3) is 2.90. The summed E-state index contributed by atoms with van der Waals surface area (Å²) in [4.78, 5) is 24.7. The van der Waals surface area contributed by atoms with Crippen molar-refractivity contribution < 1.29 is 9.90 Å². The van der Waals surface area contributed by atoms with Crippen molar-refractivity contribution in [2.75, 3.05) is 0 Å². The second kappa shape index (κ2) is 5.44. The van der Waals surface area contributed by atoms with Crippen LogP contribution in [0.1, 0.15) is 39.4 Å². The molecule has 0 amide bonds. The van der Waals surface area contributed by atoms with Crippen LogP contribution < -0.4 is 0 Å². The quantitative estimate of drug-likeness (QED) is 0.879. The Morgan fingerprint density at radius 3 is 2.52 bits per heavy atom. The van der Waals surface area contributed by atoms with Gasteiger partial charge in [-0.25, -0.2) is 19.7 Å². The summed E-state index contributed by atoms with van der Waals surface area (Å²) in [5, 5.41) is 10.4. The molecular formula is C15H15N3O2S. The number of carboxylic acids is 1. The maximum Gasteiger partial charge on any atom is 0.338 e. The Labute approximate surface area is 126 Å². The molecule has 2 aromatic heterocycles. The molecule has 0 atom stereocenters. The third-order valence-electron chi connectivity index (χ3n) is 3.40. The summed E-state index contributed by atoms with van der Waals surface area (Å²) in [6.45, 7) is 3.79. The van der Waals surface area contributed by atoms with Gasteiger partial charge >= 0.3 is 5.97 Å². The summed E-state index contributed by atoms with van der Waals surface area (Å²) >= 11 is 1.22. The van der Waals surface area contributed by atoms with Crippen molar-refractivity contribution in [1.82, 2.24) is 15.0 Å². The number of fused-ring (bicyclic) bond motifs is 1. The molecule has 108 valence electrons. The van der Waals surface area contributed by atoms with E-state index in [1.807, 2.05) is 19.9 Å². The van der Waals surface area contributed by atoms with Gasteiger partial charge in [0.2, 0.25) is 0 Å².